The Bertz CT molecular complexity index is 1720. The number of aromatic nitrogens is 6. The van der Waals surface area contributed by atoms with E-state index in [-0.39, 0.29) is 0 Å². The third kappa shape index (κ3) is 4.43. The Balaban J connectivity index is 1.34. The number of hydrogen-bond acceptors (Lipinski definition) is 8. The highest BCUT2D eigenvalue weighted by Crippen LogP contribution is 2.32. The molecule has 1 aliphatic heterocycles. The van der Waals surface area contributed by atoms with Crippen LogP contribution in [0.3, 0.4) is 0 Å². The van der Waals surface area contributed by atoms with E-state index in [2.05, 4.69) is 19.9 Å². The number of hydrogen-bond donors (Lipinski definition) is 0. The van der Waals surface area contributed by atoms with Gasteiger partial charge in [-0.15, -0.1) is 0 Å². The van der Waals surface area contributed by atoms with Gasteiger partial charge in [0, 0.05) is 83.0 Å². The zero-order valence-electron chi connectivity index (χ0n) is 21.1. The van der Waals surface area contributed by atoms with E-state index in [1.165, 1.54) is 0 Å². The minimum absolute atomic E-state index is 0.700. The molecule has 8 heteroatoms. The number of fused-ring (bicyclic) bond motifs is 2. The van der Waals surface area contributed by atoms with Crippen LogP contribution in [-0.4, -0.2) is 41.3 Å². The van der Waals surface area contributed by atoms with Crippen LogP contribution in [0, 0.1) is 0 Å². The van der Waals surface area contributed by atoms with Crippen molar-refractivity contribution in [3.8, 4) is 22.5 Å². The molecule has 40 heavy (non-hydrogen) atoms. The summed E-state index contributed by atoms with van der Waals surface area (Å²) in [5, 5.41) is 0. The van der Waals surface area contributed by atoms with Crippen LogP contribution in [0.15, 0.2) is 133 Å². The maximum atomic E-state index is 5.12. The number of aliphatic imine (C=N–C) groups is 2. The number of rotatable bonds is 4. The van der Waals surface area contributed by atoms with E-state index >= 15 is 0 Å². The van der Waals surface area contributed by atoms with Gasteiger partial charge in [0.05, 0.1) is 46.6 Å². The van der Waals surface area contributed by atoms with Crippen LogP contribution in [0.5, 0.6) is 0 Å². The molecule has 1 aliphatic rings. The molecule has 0 amide bonds. The van der Waals surface area contributed by atoms with Crippen LogP contribution in [0.1, 0.15) is 22.3 Å². The topological polar surface area (TPSA) is 102 Å². The summed E-state index contributed by atoms with van der Waals surface area (Å²) in [7, 11) is 0. The van der Waals surface area contributed by atoms with Crippen LogP contribution >= 0.6 is 0 Å². The highest BCUT2D eigenvalue weighted by Gasteiger charge is 2.21. The second-order valence-electron chi connectivity index (χ2n) is 9.05. The van der Waals surface area contributed by atoms with Crippen molar-refractivity contribution >= 4 is 22.8 Å². The molecule has 0 atom stereocenters. The van der Waals surface area contributed by atoms with Crippen molar-refractivity contribution < 1.29 is 0 Å². The summed E-state index contributed by atoms with van der Waals surface area (Å²) in [5.74, 6) is 0. The molecule has 8 nitrogen and oxygen atoms in total. The summed E-state index contributed by atoms with van der Waals surface area (Å²) < 4.78 is 0. The van der Waals surface area contributed by atoms with Crippen molar-refractivity contribution in [2.75, 3.05) is 0 Å². The molecule has 0 fully saturated rings. The molecule has 0 saturated carbocycles. The van der Waals surface area contributed by atoms with Crippen molar-refractivity contribution in [2.24, 2.45) is 9.98 Å². The molecule has 7 rings (SSSR count). The second-order valence-corrected chi connectivity index (χ2v) is 9.05. The van der Waals surface area contributed by atoms with Crippen LogP contribution < -0.4 is 0 Å². The first kappa shape index (κ1) is 23.4. The highest BCUT2D eigenvalue weighted by molar-refractivity contribution is 6.22. The molecule has 0 N–H and O–H groups in total. The minimum Gasteiger partial charge on any atom is -0.264 e. The fourth-order valence-electron chi connectivity index (χ4n) is 4.59. The molecule has 6 aromatic rings. The Morgan fingerprint density at radius 3 is 1.25 bits per heavy atom. The lowest BCUT2D eigenvalue weighted by molar-refractivity contribution is 1.24. The molecular formula is C32H20N8. The van der Waals surface area contributed by atoms with Crippen molar-refractivity contribution in [1.82, 2.24) is 29.9 Å². The first-order chi connectivity index (χ1) is 19.8. The largest absolute Gasteiger partial charge is 0.264 e. The van der Waals surface area contributed by atoms with E-state index in [1.807, 2.05) is 73.1 Å². The van der Waals surface area contributed by atoms with Gasteiger partial charge in [-0.3, -0.25) is 29.9 Å². The molecule has 0 aromatic carbocycles. The monoisotopic (exact) mass is 516 g/mol. The normalized spacial score (nSPS) is 14.9. The summed E-state index contributed by atoms with van der Waals surface area (Å²) >= 11 is 0. The molecule has 7 heterocycles. The Morgan fingerprint density at radius 1 is 0.375 bits per heavy atom. The van der Waals surface area contributed by atoms with E-state index in [9.17, 15) is 0 Å². The van der Waals surface area contributed by atoms with Crippen LogP contribution in [0.25, 0.3) is 22.5 Å². The number of pyridine rings is 6. The van der Waals surface area contributed by atoms with E-state index in [0.29, 0.717) is 11.4 Å². The zero-order valence-corrected chi connectivity index (χ0v) is 21.1. The SMILES string of the molecule is c1cncc(-c2ccc(/C3=N/c4cnccc4/C(c4ccc(-c5cccnc5)nc4)=N\c4cnccc43)cn2)c1. The van der Waals surface area contributed by atoms with Gasteiger partial charge in [0.1, 0.15) is 0 Å². The second kappa shape index (κ2) is 10.2. The van der Waals surface area contributed by atoms with Gasteiger partial charge in [-0.25, -0.2) is 9.98 Å². The van der Waals surface area contributed by atoms with Crippen molar-refractivity contribution in [3.05, 3.63) is 145 Å². The van der Waals surface area contributed by atoms with Gasteiger partial charge in [-0.05, 0) is 60.7 Å². The Labute approximate surface area is 230 Å². The molecule has 0 bridgehead atoms. The molecular weight excluding hydrogens is 496 g/mol. The Kier molecular flexibility index (Phi) is 5.95. The highest BCUT2D eigenvalue weighted by atomic mass is 14.9. The van der Waals surface area contributed by atoms with Crippen molar-refractivity contribution in [3.63, 3.8) is 0 Å². The molecule has 0 radical (unpaired) electrons. The van der Waals surface area contributed by atoms with Gasteiger partial charge >= 0.3 is 0 Å². The Morgan fingerprint density at radius 2 is 0.850 bits per heavy atom. The predicted molar refractivity (Wildman–Crippen MR) is 154 cm³/mol. The van der Waals surface area contributed by atoms with E-state index in [1.54, 1.807) is 49.6 Å². The molecule has 0 saturated heterocycles. The summed E-state index contributed by atoms with van der Waals surface area (Å²) in [6.45, 7) is 0. The summed E-state index contributed by atoms with van der Waals surface area (Å²) in [6.07, 6.45) is 17.8. The van der Waals surface area contributed by atoms with Crippen LogP contribution in [0.4, 0.5) is 11.4 Å². The van der Waals surface area contributed by atoms with Gasteiger partial charge in [-0.2, -0.15) is 0 Å². The van der Waals surface area contributed by atoms with Gasteiger partial charge in [0.15, 0.2) is 0 Å². The van der Waals surface area contributed by atoms with E-state index < -0.39 is 0 Å². The predicted octanol–water partition coefficient (Wildman–Crippen LogP) is 6.04. The standard InChI is InChI=1S/C32H20N8/c1-3-21(15-33-11-1)27-7-5-23(17-37-27)31-25-9-13-35-19-29(25)40-32(26-10-14-36-20-30(26)39-31)24-6-8-28(38-18-24)22-4-2-12-34-16-22/h1-20H/b31-25?,32-26?,39-30?,39-31-,40-29?,40-32-. The van der Waals surface area contributed by atoms with Gasteiger partial charge in [0.2, 0.25) is 0 Å². The maximum absolute atomic E-state index is 5.12. The average molecular weight is 517 g/mol. The van der Waals surface area contributed by atoms with Crippen molar-refractivity contribution in [2.45, 2.75) is 0 Å². The summed E-state index contributed by atoms with van der Waals surface area (Å²) in [4.78, 5) is 36.8. The molecule has 0 spiro atoms. The van der Waals surface area contributed by atoms with Gasteiger partial charge < -0.3 is 0 Å². The van der Waals surface area contributed by atoms with Crippen LogP contribution in [-0.2, 0) is 0 Å². The van der Waals surface area contributed by atoms with E-state index in [4.69, 9.17) is 20.0 Å². The molecule has 0 unspecified atom stereocenters. The third-order valence-corrected chi connectivity index (χ3v) is 6.56. The fourth-order valence-corrected chi connectivity index (χ4v) is 4.59. The minimum atomic E-state index is 0.700. The zero-order chi connectivity index (χ0) is 26.7. The first-order valence-electron chi connectivity index (χ1n) is 12.6. The van der Waals surface area contributed by atoms with Crippen LogP contribution in [0.2, 0.25) is 0 Å². The van der Waals surface area contributed by atoms with Gasteiger partial charge in [-0.1, -0.05) is 0 Å². The molecule has 188 valence electrons. The first-order valence-corrected chi connectivity index (χ1v) is 12.6. The molecule has 6 aromatic heterocycles. The quantitative estimate of drug-likeness (QED) is 0.283. The molecule has 0 aliphatic carbocycles. The number of nitrogens with zero attached hydrogens (tertiary/aromatic N) is 8. The Hall–Kier alpha value is -5.76. The maximum Gasteiger partial charge on any atom is 0.0914 e. The lowest BCUT2D eigenvalue weighted by Crippen LogP contribution is -2.11. The lowest BCUT2D eigenvalue weighted by Gasteiger charge is -2.17. The van der Waals surface area contributed by atoms with Gasteiger partial charge in [0.25, 0.3) is 0 Å². The lowest BCUT2D eigenvalue weighted by atomic mass is 9.98. The fraction of sp³-hybridized carbons (Fsp3) is 0. The van der Waals surface area contributed by atoms with E-state index in [0.717, 1.165) is 56.2 Å². The summed E-state index contributed by atoms with van der Waals surface area (Å²) in [5.41, 5.74) is 9.86. The summed E-state index contributed by atoms with van der Waals surface area (Å²) in [6, 6.07) is 19.6. The average Bonchev–Trinajstić information content (AvgIpc) is 3.03. The third-order valence-electron chi connectivity index (χ3n) is 6.56. The van der Waals surface area contributed by atoms with Crippen molar-refractivity contribution in [1.29, 1.82) is 0 Å². The smallest absolute Gasteiger partial charge is 0.0914 e.